The van der Waals surface area contributed by atoms with Crippen LogP contribution in [0.3, 0.4) is 0 Å². The van der Waals surface area contributed by atoms with Gasteiger partial charge in [-0.3, -0.25) is 4.79 Å². The fourth-order valence-corrected chi connectivity index (χ4v) is 1.33. The minimum absolute atomic E-state index is 0.261. The smallest absolute Gasteiger partial charge is 0.241 e. The molecule has 0 fully saturated rings. The molecule has 0 aliphatic rings. The van der Waals surface area contributed by atoms with E-state index >= 15 is 0 Å². The molecule has 0 radical (unpaired) electrons. The molecule has 1 rings (SSSR count). The molecule has 84 valence electrons. The van der Waals surface area contributed by atoms with Gasteiger partial charge in [0.25, 0.3) is 0 Å². The third-order valence-electron chi connectivity index (χ3n) is 2.13. The minimum Gasteiger partial charge on any atom is -0.325 e. The number of hydrogen-bond acceptors (Lipinski definition) is 3. The number of hydrogen-bond donors (Lipinski definition) is 2. The molecule has 0 unspecified atom stereocenters. The maximum atomic E-state index is 11.5. The minimum atomic E-state index is -0.533. The number of nitrogens with two attached hydrogens (primary N) is 1. The number of amides is 1. The van der Waals surface area contributed by atoms with Gasteiger partial charge in [-0.1, -0.05) is 18.5 Å². The third kappa shape index (κ3) is 2.96. The molecule has 0 saturated heterocycles. The van der Waals surface area contributed by atoms with E-state index in [2.05, 4.69) is 5.32 Å². The van der Waals surface area contributed by atoms with Gasteiger partial charge in [-0.25, -0.2) is 0 Å². The van der Waals surface area contributed by atoms with E-state index in [-0.39, 0.29) is 5.91 Å². The van der Waals surface area contributed by atoms with Crippen LogP contribution in [0.4, 0.5) is 5.69 Å². The standard InChI is InChI=1S/C11H12ClN3O/c1-2-10(14)11(16)15-8-4-3-7(6-13)9(12)5-8/h3-5,10H,2,14H2,1H3,(H,15,16)/t10-/m1/s1. The Morgan fingerprint density at radius 1 is 1.69 bits per heavy atom. The maximum Gasteiger partial charge on any atom is 0.241 e. The lowest BCUT2D eigenvalue weighted by atomic mass is 10.2. The molecule has 0 aliphatic carbocycles. The summed E-state index contributed by atoms with van der Waals surface area (Å²) in [5.74, 6) is -0.261. The Kier molecular flexibility index (Phi) is 4.29. The molecule has 0 aromatic heterocycles. The van der Waals surface area contributed by atoms with Gasteiger partial charge in [0.05, 0.1) is 16.6 Å². The van der Waals surface area contributed by atoms with Gasteiger partial charge in [-0.2, -0.15) is 5.26 Å². The molecule has 0 heterocycles. The molecule has 1 atom stereocenters. The lowest BCUT2D eigenvalue weighted by Gasteiger charge is -2.10. The predicted octanol–water partition coefficient (Wildman–Crippen LogP) is 1.89. The van der Waals surface area contributed by atoms with Gasteiger partial charge in [0.1, 0.15) is 6.07 Å². The molecule has 3 N–H and O–H groups in total. The largest absolute Gasteiger partial charge is 0.325 e. The number of rotatable bonds is 3. The monoisotopic (exact) mass is 237 g/mol. The van der Waals surface area contributed by atoms with Crippen LogP contribution >= 0.6 is 11.6 Å². The van der Waals surface area contributed by atoms with Crippen LogP contribution in [-0.2, 0) is 4.79 Å². The first-order valence-electron chi connectivity index (χ1n) is 4.84. The maximum absolute atomic E-state index is 11.5. The van der Waals surface area contributed by atoms with Gasteiger partial charge in [0.15, 0.2) is 0 Å². The Hall–Kier alpha value is -1.57. The summed E-state index contributed by atoms with van der Waals surface area (Å²) in [5.41, 5.74) is 6.48. The summed E-state index contributed by atoms with van der Waals surface area (Å²) >= 11 is 5.82. The van der Waals surface area contributed by atoms with Crippen LogP contribution < -0.4 is 11.1 Å². The summed E-state index contributed by atoms with van der Waals surface area (Å²) in [6, 6.07) is 6.10. The van der Waals surface area contributed by atoms with Crippen molar-refractivity contribution in [2.24, 2.45) is 5.73 Å². The summed E-state index contributed by atoms with van der Waals surface area (Å²) in [7, 11) is 0. The van der Waals surface area contributed by atoms with Gasteiger partial charge >= 0.3 is 0 Å². The number of benzene rings is 1. The molecule has 0 saturated carbocycles. The van der Waals surface area contributed by atoms with E-state index in [4.69, 9.17) is 22.6 Å². The average molecular weight is 238 g/mol. The van der Waals surface area contributed by atoms with Crippen molar-refractivity contribution in [3.63, 3.8) is 0 Å². The molecule has 4 nitrogen and oxygen atoms in total. The number of nitrogens with zero attached hydrogens (tertiary/aromatic N) is 1. The second kappa shape index (κ2) is 5.50. The van der Waals surface area contributed by atoms with Crippen molar-refractivity contribution in [3.05, 3.63) is 28.8 Å². The van der Waals surface area contributed by atoms with Crippen LogP contribution in [0.15, 0.2) is 18.2 Å². The third-order valence-corrected chi connectivity index (χ3v) is 2.45. The zero-order chi connectivity index (χ0) is 12.1. The van der Waals surface area contributed by atoms with Crippen molar-refractivity contribution in [1.82, 2.24) is 0 Å². The van der Waals surface area contributed by atoms with E-state index in [1.165, 1.54) is 6.07 Å². The van der Waals surface area contributed by atoms with E-state index < -0.39 is 6.04 Å². The fraction of sp³-hybridized carbons (Fsp3) is 0.273. The Morgan fingerprint density at radius 3 is 2.88 bits per heavy atom. The molecule has 16 heavy (non-hydrogen) atoms. The van der Waals surface area contributed by atoms with Gasteiger partial charge < -0.3 is 11.1 Å². The normalized spacial score (nSPS) is 11.6. The summed E-state index contributed by atoms with van der Waals surface area (Å²) in [6.07, 6.45) is 0.565. The molecule has 0 aliphatic heterocycles. The van der Waals surface area contributed by atoms with Crippen LogP contribution in [0.25, 0.3) is 0 Å². The van der Waals surface area contributed by atoms with Crippen molar-refractivity contribution in [2.45, 2.75) is 19.4 Å². The highest BCUT2D eigenvalue weighted by Gasteiger charge is 2.11. The predicted molar refractivity (Wildman–Crippen MR) is 63.1 cm³/mol. The molecule has 5 heteroatoms. The molecule has 1 aromatic carbocycles. The van der Waals surface area contributed by atoms with Crippen LogP contribution in [-0.4, -0.2) is 11.9 Å². The second-order valence-corrected chi connectivity index (χ2v) is 3.72. The Labute approximate surface area is 99.0 Å². The second-order valence-electron chi connectivity index (χ2n) is 3.31. The molecule has 1 aromatic rings. The molecular formula is C11H12ClN3O. The fourth-order valence-electron chi connectivity index (χ4n) is 1.10. The molecule has 0 spiro atoms. The van der Waals surface area contributed by atoms with E-state index in [1.807, 2.05) is 13.0 Å². The van der Waals surface area contributed by atoms with Crippen molar-refractivity contribution < 1.29 is 4.79 Å². The van der Waals surface area contributed by atoms with Gasteiger partial charge in [0, 0.05) is 5.69 Å². The van der Waals surface area contributed by atoms with Gasteiger partial charge in [0.2, 0.25) is 5.91 Å². The topological polar surface area (TPSA) is 78.9 Å². The van der Waals surface area contributed by atoms with Gasteiger partial charge in [-0.05, 0) is 24.6 Å². The van der Waals surface area contributed by atoms with Crippen molar-refractivity contribution >= 4 is 23.2 Å². The Bertz CT molecular complexity index is 439. The zero-order valence-corrected chi connectivity index (χ0v) is 9.58. The highest BCUT2D eigenvalue weighted by molar-refractivity contribution is 6.32. The van der Waals surface area contributed by atoms with E-state index in [9.17, 15) is 4.79 Å². The number of anilines is 1. The van der Waals surface area contributed by atoms with Crippen LogP contribution in [0.2, 0.25) is 5.02 Å². The summed E-state index contributed by atoms with van der Waals surface area (Å²) < 4.78 is 0. The van der Waals surface area contributed by atoms with E-state index in [1.54, 1.807) is 12.1 Å². The first kappa shape index (κ1) is 12.5. The summed E-state index contributed by atoms with van der Waals surface area (Å²) in [4.78, 5) is 11.5. The molecular weight excluding hydrogens is 226 g/mol. The van der Waals surface area contributed by atoms with Crippen molar-refractivity contribution in [1.29, 1.82) is 5.26 Å². The quantitative estimate of drug-likeness (QED) is 0.843. The lowest BCUT2D eigenvalue weighted by molar-refractivity contribution is -0.117. The number of nitrogens with one attached hydrogen (secondary N) is 1. The number of halogens is 1. The summed E-state index contributed by atoms with van der Waals surface area (Å²) in [5, 5.41) is 11.6. The van der Waals surface area contributed by atoms with Crippen LogP contribution in [0, 0.1) is 11.3 Å². The molecule has 0 bridgehead atoms. The van der Waals surface area contributed by atoms with Crippen LogP contribution in [0.5, 0.6) is 0 Å². The number of nitriles is 1. The SMILES string of the molecule is CC[C@@H](N)C(=O)Nc1ccc(C#N)c(Cl)c1. The highest BCUT2D eigenvalue weighted by atomic mass is 35.5. The summed E-state index contributed by atoms with van der Waals surface area (Å²) in [6.45, 7) is 1.83. The van der Waals surface area contributed by atoms with Crippen LogP contribution in [0.1, 0.15) is 18.9 Å². The highest BCUT2D eigenvalue weighted by Crippen LogP contribution is 2.20. The average Bonchev–Trinajstić information content (AvgIpc) is 2.28. The lowest BCUT2D eigenvalue weighted by Crippen LogP contribution is -2.34. The number of carbonyl (C=O) groups is 1. The first-order chi connectivity index (χ1) is 7.58. The van der Waals surface area contributed by atoms with E-state index in [0.29, 0.717) is 22.7 Å². The number of carbonyl (C=O) groups excluding carboxylic acids is 1. The zero-order valence-electron chi connectivity index (χ0n) is 8.83. The molecule has 1 amide bonds. The van der Waals surface area contributed by atoms with Gasteiger partial charge in [-0.15, -0.1) is 0 Å². The van der Waals surface area contributed by atoms with E-state index in [0.717, 1.165) is 0 Å². The van der Waals surface area contributed by atoms with Crippen molar-refractivity contribution in [3.8, 4) is 6.07 Å². The first-order valence-corrected chi connectivity index (χ1v) is 5.22. The van der Waals surface area contributed by atoms with Crippen molar-refractivity contribution in [2.75, 3.05) is 5.32 Å². The Morgan fingerprint density at radius 2 is 2.38 bits per heavy atom. The Balaban J connectivity index is 2.80.